The van der Waals surface area contributed by atoms with Crippen molar-refractivity contribution in [3.8, 4) is 0 Å². The maximum Gasteiger partial charge on any atom is 0.253 e. The van der Waals surface area contributed by atoms with Crippen molar-refractivity contribution in [3.63, 3.8) is 0 Å². The number of carbonyl (C=O) groups is 1. The summed E-state index contributed by atoms with van der Waals surface area (Å²) in [6.07, 6.45) is 1.82. The third-order valence-corrected chi connectivity index (χ3v) is 2.59. The van der Waals surface area contributed by atoms with Crippen molar-refractivity contribution in [2.45, 2.75) is 39.2 Å². The maximum absolute atomic E-state index is 13.1. The summed E-state index contributed by atoms with van der Waals surface area (Å²) in [5.41, 5.74) is 5.82. The quantitative estimate of drug-likeness (QED) is 0.792. The molecule has 0 aliphatic heterocycles. The highest BCUT2D eigenvalue weighted by Gasteiger charge is 2.21. The van der Waals surface area contributed by atoms with Crippen molar-refractivity contribution in [2.75, 3.05) is 5.73 Å². The van der Waals surface area contributed by atoms with Gasteiger partial charge < -0.3 is 11.1 Å². The van der Waals surface area contributed by atoms with Gasteiger partial charge in [-0.05, 0) is 38.5 Å². The van der Waals surface area contributed by atoms with Gasteiger partial charge in [-0.25, -0.2) is 4.39 Å². The molecule has 1 aromatic rings. The Morgan fingerprint density at radius 3 is 2.71 bits per heavy atom. The summed E-state index contributed by atoms with van der Waals surface area (Å²) >= 11 is 0. The molecule has 0 spiro atoms. The van der Waals surface area contributed by atoms with Crippen LogP contribution in [0.15, 0.2) is 18.2 Å². The molecule has 0 aliphatic carbocycles. The van der Waals surface area contributed by atoms with Crippen LogP contribution in [0.25, 0.3) is 0 Å². The van der Waals surface area contributed by atoms with Gasteiger partial charge in [0.05, 0.1) is 5.56 Å². The molecule has 0 saturated heterocycles. The molecule has 3 nitrogen and oxygen atoms in total. The van der Waals surface area contributed by atoms with E-state index in [1.165, 1.54) is 12.1 Å². The first-order chi connectivity index (χ1) is 7.85. The number of hydrogen-bond acceptors (Lipinski definition) is 2. The van der Waals surface area contributed by atoms with Gasteiger partial charge in [0.2, 0.25) is 0 Å². The molecular weight excluding hydrogens is 219 g/mol. The zero-order chi connectivity index (χ0) is 13.1. The molecule has 1 aromatic carbocycles. The molecule has 0 saturated carbocycles. The van der Waals surface area contributed by atoms with Crippen LogP contribution in [0.2, 0.25) is 0 Å². The second-order valence-electron chi connectivity index (χ2n) is 4.82. The Hall–Kier alpha value is -1.58. The molecule has 0 heterocycles. The molecule has 0 aliphatic rings. The van der Waals surface area contributed by atoms with Crippen LogP contribution in [-0.4, -0.2) is 11.4 Å². The lowest BCUT2D eigenvalue weighted by Gasteiger charge is -2.26. The highest BCUT2D eigenvalue weighted by Crippen LogP contribution is 2.16. The third kappa shape index (κ3) is 3.73. The van der Waals surface area contributed by atoms with Crippen LogP contribution in [0.5, 0.6) is 0 Å². The van der Waals surface area contributed by atoms with Crippen molar-refractivity contribution in [2.24, 2.45) is 0 Å². The minimum atomic E-state index is -0.461. The fourth-order valence-electron chi connectivity index (χ4n) is 1.79. The van der Waals surface area contributed by atoms with E-state index in [4.69, 9.17) is 5.73 Å². The van der Waals surface area contributed by atoms with Gasteiger partial charge in [-0.15, -0.1) is 0 Å². The first-order valence-electron chi connectivity index (χ1n) is 5.73. The summed E-state index contributed by atoms with van der Waals surface area (Å²) in [5.74, 6) is -0.793. The minimum absolute atomic E-state index is 0.189. The Morgan fingerprint density at radius 1 is 1.47 bits per heavy atom. The number of anilines is 1. The molecule has 0 bridgehead atoms. The molecule has 0 fully saturated rings. The predicted octanol–water partition coefficient (Wildman–Crippen LogP) is 2.72. The van der Waals surface area contributed by atoms with Crippen LogP contribution in [-0.2, 0) is 0 Å². The molecule has 3 N–H and O–H groups in total. The van der Waals surface area contributed by atoms with Gasteiger partial charge in [-0.1, -0.05) is 13.3 Å². The van der Waals surface area contributed by atoms with Gasteiger partial charge in [-0.3, -0.25) is 4.79 Å². The molecular formula is C13H19FN2O. The smallest absolute Gasteiger partial charge is 0.253 e. The first-order valence-corrected chi connectivity index (χ1v) is 5.73. The van der Waals surface area contributed by atoms with E-state index in [1.54, 1.807) is 0 Å². The van der Waals surface area contributed by atoms with Crippen LogP contribution in [0, 0.1) is 5.82 Å². The topological polar surface area (TPSA) is 55.1 Å². The Kier molecular flexibility index (Phi) is 4.10. The SMILES string of the molecule is CCCC(C)(C)NC(=O)c1cc(F)ccc1N. The Bertz CT molecular complexity index is 416. The highest BCUT2D eigenvalue weighted by molar-refractivity contribution is 5.99. The normalized spacial score (nSPS) is 11.3. The zero-order valence-corrected chi connectivity index (χ0v) is 10.5. The van der Waals surface area contributed by atoms with E-state index in [-0.39, 0.29) is 22.7 Å². The third-order valence-electron chi connectivity index (χ3n) is 2.59. The van der Waals surface area contributed by atoms with Crippen molar-refractivity contribution in [3.05, 3.63) is 29.6 Å². The summed E-state index contributed by atoms with van der Waals surface area (Å²) in [6, 6.07) is 3.80. The van der Waals surface area contributed by atoms with Gasteiger partial charge in [-0.2, -0.15) is 0 Å². The van der Waals surface area contributed by atoms with Crippen LogP contribution in [0.4, 0.5) is 10.1 Å². The molecule has 1 rings (SSSR count). The fourth-order valence-corrected chi connectivity index (χ4v) is 1.79. The second-order valence-corrected chi connectivity index (χ2v) is 4.82. The number of benzene rings is 1. The Morgan fingerprint density at radius 2 is 2.12 bits per heavy atom. The predicted molar refractivity (Wildman–Crippen MR) is 67.3 cm³/mol. The average Bonchev–Trinajstić information content (AvgIpc) is 2.20. The fraction of sp³-hybridized carbons (Fsp3) is 0.462. The average molecular weight is 238 g/mol. The Balaban J connectivity index is 2.86. The largest absolute Gasteiger partial charge is 0.398 e. The summed E-state index contributed by atoms with van der Waals surface area (Å²) < 4.78 is 13.1. The molecule has 0 aromatic heterocycles. The van der Waals surface area contributed by atoms with E-state index in [9.17, 15) is 9.18 Å². The summed E-state index contributed by atoms with van der Waals surface area (Å²) in [4.78, 5) is 12.0. The summed E-state index contributed by atoms with van der Waals surface area (Å²) in [5, 5.41) is 2.86. The Labute approximate surface area is 101 Å². The van der Waals surface area contributed by atoms with Gasteiger partial charge in [0.15, 0.2) is 0 Å². The van der Waals surface area contributed by atoms with E-state index in [0.717, 1.165) is 18.9 Å². The van der Waals surface area contributed by atoms with Gasteiger partial charge in [0, 0.05) is 11.2 Å². The molecule has 94 valence electrons. The lowest BCUT2D eigenvalue weighted by atomic mass is 9.98. The number of nitrogen functional groups attached to an aromatic ring is 1. The number of nitrogens with one attached hydrogen (secondary N) is 1. The van der Waals surface area contributed by atoms with E-state index >= 15 is 0 Å². The number of hydrogen-bond donors (Lipinski definition) is 2. The molecule has 4 heteroatoms. The molecule has 0 radical (unpaired) electrons. The summed E-state index contributed by atoms with van der Waals surface area (Å²) in [6.45, 7) is 5.91. The number of carbonyl (C=O) groups excluding carboxylic acids is 1. The van der Waals surface area contributed by atoms with Crippen molar-refractivity contribution < 1.29 is 9.18 Å². The minimum Gasteiger partial charge on any atom is -0.398 e. The van der Waals surface area contributed by atoms with E-state index < -0.39 is 5.82 Å². The van der Waals surface area contributed by atoms with Crippen molar-refractivity contribution in [1.29, 1.82) is 0 Å². The molecule has 0 atom stereocenters. The van der Waals surface area contributed by atoms with Crippen molar-refractivity contribution >= 4 is 11.6 Å². The lowest BCUT2D eigenvalue weighted by Crippen LogP contribution is -2.43. The number of amides is 1. The number of nitrogens with two attached hydrogens (primary N) is 1. The molecule has 17 heavy (non-hydrogen) atoms. The molecule has 1 amide bonds. The second kappa shape index (κ2) is 5.17. The van der Waals surface area contributed by atoms with Crippen LogP contribution < -0.4 is 11.1 Å². The van der Waals surface area contributed by atoms with Gasteiger partial charge >= 0.3 is 0 Å². The van der Waals surface area contributed by atoms with Gasteiger partial charge in [0.1, 0.15) is 5.82 Å². The first kappa shape index (κ1) is 13.5. The monoisotopic (exact) mass is 238 g/mol. The van der Waals surface area contributed by atoms with Crippen molar-refractivity contribution in [1.82, 2.24) is 5.32 Å². The standard InChI is InChI=1S/C13H19FN2O/c1-4-7-13(2,3)16-12(17)10-8-9(14)5-6-11(10)15/h5-6,8H,4,7,15H2,1-3H3,(H,16,17). The number of rotatable bonds is 4. The van der Waals surface area contributed by atoms with Crippen LogP contribution >= 0.6 is 0 Å². The van der Waals surface area contributed by atoms with Crippen LogP contribution in [0.3, 0.4) is 0 Å². The van der Waals surface area contributed by atoms with Crippen LogP contribution in [0.1, 0.15) is 44.0 Å². The van der Waals surface area contributed by atoms with Gasteiger partial charge in [0.25, 0.3) is 5.91 Å². The highest BCUT2D eigenvalue weighted by atomic mass is 19.1. The molecule has 0 unspecified atom stereocenters. The zero-order valence-electron chi connectivity index (χ0n) is 10.5. The van der Waals surface area contributed by atoms with E-state index in [0.29, 0.717) is 0 Å². The summed E-state index contributed by atoms with van der Waals surface area (Å²) in [7, 11) is 0. The van der Waals surface area contributed by atoms with E-state index in [1.807, 2.05) is 20.8 Å². The number of halogens is 1. The lowest BCUT2D eigenvalue weighted by molar-refractivity contribution is 0.0909. The maximum atomic E-state index is 13.1. The van der Waals surface area contributed by atoms with E-state index in [2.05, 4.69) is 5.32 Å².